The van der Waals surface area contributed by atoms with Crippen molar-refractivity contribution in [3.8, 4) is 6.07 Å². The Balaban J connectivity index is 3.51. The molecule has 0 saturated heterocycles. The van der Waals surface area contributed by atoms with E-state index in [2.05, 4.69) is 0 Å². The molecule has 0 heterocycles. The first-order chi connectivity index (χ1) is 4.85. The Morgan fingerprint density at radius 1 is 1.70 bits per heavy atom. The van der Waals surface area contributed by atoms with Gasteiger partial charge < -0.3 is 4.79 Å². The maximum atomic E-state index is 10.0. The van der Waals surface area contributed by atoms with Crippen molar-refractivity contribution in [2.45, 2.75) is 13.3 Å². The van der Waals surface area contributed by atoms with Gasteiger partial charge in [-0.05, 0) is 13.0 Å². The van der Waals surface area contributed by atoms with Crippen molar-refractivity contribution in [1.82, 2.24) is 4.90 Å². The lowest BCUT2D eigenvalue weighted by atomic mass is 10.4. The largest absolute Gasteiger partial charge is 0.302 e. The molecule has 0 unspecified atom stereocenters. The van der Waals surface area contributed by atoms with Crippen molar-refractivity contribution < 1.29 is 4.79 Å². The highest BCUT2D eigenvalue weighted by Gasteiger charge is 1.99. The van der Waals surface area contributed by atoms with Crippen LogP contribution in [0.1, 0.15) is 13.3 Å². The minimum atomic E-state index is 0.354. The van der Waals surface area contributed by atoms with Crippen LogP contribution in [-0.4, -0.2) is 30.8 Å². The number of rotatable bonds is 5. The molecule has 3 nitrogen and oxygen atoms in total. The van der Waals surface area contributed by atoms with Gasteiger partial charge in [-0.25, -0.2) is 0 Å². The van der Waals surface area contributed by atoms with Gasteiger partial charge in [-0.1, -0.05) is 6.92 Å². The fraction of sp³-hybridized carbons (Fsp3) is 0.714. The summed E-state index contributed by atoms with van der Waals surface area (Å²) in [6.07, 6.45) is 1.81. The molecule has 0 amide bonds. The van der Waals surface area contributed by atoms with E-state index < -0.39 is 0 Å². The van der Waals surface area contributed by atoms with Crippen molar-refractivity contribution in [2.24, 2.45) is 0 Å². The molecule has 0 aliphatic carbocycles. The van der Waals surface area contributed by atoms with Crippen LogP contribution in [0.25, 0.3) is 0 Å². The Labute approximate surface area is 61.2 Å². The van der Waals surface area contributed by atoms with Gasteiger partial charge in [0.15, 0.2) is 0 Å². The number of aldehydes is 1. The molecule has 3 heteroatoms. The third-order valence-corrected chi connectivity index (χ3v) is 1.17. The molecule has 0 aromatic rings. The van der Waals surface area contributed by atoms with Gasteiger partial charge in [0.25, 0.3) is 0 Å². The number of carbonyl (C=O) groups is 1. The van der Waals surface area contributed by atoms with Gasteiger partial charge in [0, 0.05) is 0 Å². The molecule has 0 aliphatic rings. The molecular weight excluding hydrogens is 128 g/mol. The van der Waals surface area contributed by atoms with Crippen molar-refractivity contribution in [2.75, 3.05) is 19.6 Å². The number of nitrogens with zero attached hydrogens (tertiary/aromatic N) is 2. The highest BCUT2D eigenvalue weighted by atomic mass is 16.1. The van der Waals surface area contributed by atoms with Crippen molar-refractivity contribution in [3.05, 3.63) is 0 Å². The second-order valence-electron chi connectivity index (χ2n) is 2.06. The number of hydrogen-bond acceptors (Lipinski definition) is 3. The van der Waals surface area contributed by atoms with Gasteiger partial charge in [0.05, 0.1) is 19.2 Å². The number of nitriles is 1. The molecule has 0 rings (SSSR count). The minimum absolute atomic E-state index is 0.354. The zero-order valence-corrected chi connectivity index (χ0v) is 6.21. The fourth-order valence-electron chi connectivity index (χ4n) is 0.757. The first-order valence-corrected chi connectivity index (χ1v) is 3.38. The lowest BCUT2D eigenvalue weighted by Gasteiger charge is -2.13. The zero-order chi connectivity index (χ0) is 7.82. The predicted molar refractivity (Wildman–Crippen MR) is 38.4 cm³/mol. The first kappa shape index (κ1) is 9.12. The highest BCUT2D eigenvalue weighted by Crippen LogP contribution is 1.87. The summed E-state index contributed by atoms with van der Waals surface area (Å²) in [5.74, 6) is 0. The molecule has 0 atom stereocenters. The topological polar surface area (TPSA) is 44.1 Å². The quantitative estimate of drug-likeness (QED) is 0.410. The van der Waals surface area contributed by atoms with E-state index in [-0.39, 0.29) is 0 Å². The van der Waals surface area contributed by atoms with E-state index >= 15 is 0 Å². The van der Waals surface area contributed by atoms with Gasteiger partial charge in [0.1, 0.15) is 6.29 Å². The smallest absolute Gasteiger partial charge is 0.134 e. The van der Waals surface area contributed by atoms with Crippen LogP contribution in [0.5, 0.6) is 0 Å². The van der Waals surface area contributed by atoms with Crippen LogP contribution in [0.15, 0.2) is 0 Å². The summed E-state index contributed by atoms with van der Waals surface area (Å²) in [5, 5.41) is 8.28. The van der Waals surface area contributed by atoms with E-state index in [9.17, 15) is 4.79 Å². The van der Waals surface area contributed by atoms with Crippen LogP contribution >= 0.6 is 0 Å². The molecule has 0 radical (unpaired) electrons. The summed E-state index contributed by atoms with van der Waals surface area (Å²) in [6.45, 7) is 3.58. The molecule has 56 valence electrons. The Hall–Kier alpha value is -0.880. The van der Waals surface area contributed by atoms with E-state index in [0.29, 0.717) is 13.1 Å². The summed E-state index contributed by atoms with van der Waals surface area (Å²) < 4.78 is 0. The highest BCUT2D eigenvalue weighted by molar-refractivity contribution is 5.52. The van der Waals surface area contributed by atoms with Crippen LogP contribution in [0, 0.1) is 11.3 Å². The monoisotopic (exact) mass is 140 g/mol. The van der Waals surface area contributed by atoms with E-state index in [1.54, 1.807) is 0 Å². The van der Waals surface area contributed by atoms with Crippen LogP contribution in [0.3, 0.4) is 0 Å². The van der Waals surface area contributed by atoms with E-state index in [4.69, 9.17) is 5.26 Å². The second kappa shape index (κ2) is 6.24. The zero-order valence-electron chi connectivity index (χ0n) is 6.21. The predicted octanol–water partition coefficient (Wildman–Crippen LogP) is 0.421. The molecule has 10 heavy (non-hydrogen) atoms. The van der Waals surface area contributed by atoms with Gasteiger partial charge in [-0.2, -0.15) is 5.26 Å². The van der Waals surface area contributed by atoms with Crippen LogP contribution in [0.2, 0.25) is 0 Å². The second-order valence-corrected chi connectivity index (χ2v) is 2.06. The molecule has 0 spiro atoms. The molecule has 0 saturated carbocycles. The van der Waals surface area contributed by atoms with Gasteiger partial charge in [-0.3, -0.25) is 4.90 Å². The molecule has 0 bridgehead atoms. The lowest BCUT2D eigenvalue weighted by Crippen LogP contribution is -2.26. The molecule has 0 aromatic carbocycles. The number of carbonyl (C=O) groups excluding carboxylic acids is 1. The summed E-state index contributed by atoms with van der Waals surface area (Å²) in [4.78, 5) is 11.8. The summed E-state index contributed by atoms with van der Waals surface area (Å²) in [5.41, 5.74) is 0. The van der Waals surface area contributed by atoms with Crippen molar-refractivity contribution >= 4 is 6.29 Å². The number of hydrogen-bond donors (Lipinski definition) is 0. The normalized spacial score (nSPS) is 9.30. The van der Waals surface area contributed by atoms with Gasteiger partial charge >= 0.3 is 0 Å². The average molecular weight is 140 g/mol. The molecule has 0 N–H and O–H groups in total. The molecular formula is C7H12N2O. The minimum Gasteiger partial charge on any atom is -0.302 e. The maximum absolute atomic E-state index is 10.0. The Kier molecular flexibility index (Phi) is 5.69. The molecule has 0 aliphatic heterocycles. The third kappa shape index (κ3) is 4.04. The van der Waals surface area contributed by atoms with Crippen LogP contribution < -0.4 is 0 Å². The molecule has 0 aromatic heterocycles. The Morgan fingerprint density at radius 3 is 2.80 bits per heavy atom. The SMILES string of the molecule is CCCN(CC#N)CC=O. The van der Waals surface area contributed by atoms with Crippen molar-refractivity contribution in [3.63, 3.8) is 0 Å². The van der Waals surface area contributed by atoms with E-state index in [1.165, 1.54) is 0 Å². The van der Waals surface area contributed by atoms with Crippen molar-refractivity contribution in [1.29, 1.82) is 5.26 Å². The van der Waals surface area contributed by atoms with Gasteiger partial charge in [-0.15, -0.1) is 0 Å². The fourth-order valence-corrected chi connectivity index (χ4v) is 0.757. The van der Waals surface area contributed by atoms with Crippen LogP contribution in [-0.2, 0) is 4.79 Å². The first-order valence-electron chi connectivity index (χ1n) is 3.38. The van der Waals surface area contributed by atoms with Gasteiger partial charge in [0.2, 0.25) is 0 Å². The summed E-state index contributed by atoms with van der Waals surface area (Å²) >= 11 is 0. The Morgan fingerprint density at radius 2 is 2.40 bits per heavy atom. The standard InChI is InChI=1S/C7H12N2O/c1-2-4-9(5-3-8)6-7-10/h7H,2,4-6H2,1H3. The third-order valence-electron chi connectivity index (χ3n) is 1.17. The maximum Gasteiger partial charge on any atom is 0.134 e. The summed E-state index contributed by atoms with van der Waals surface area (Å²) in [7, 11) is 0. The van der Waals surface area contributed by atoms with Crippen LogP contribution in [0.4, 0.5) is 0 Å². The lowest BCUT2D eigenvalue weighted by molar-refractivity contribution is -0.108. The summed E-state index contributed by atoms with van der Waals surface area (Å²) in [6, 6.07) is 2.00. The van der Waals surface area contributed by atoms with E-state index in [0.717, 1.165) is 19.3 Å². The molecule has 0 fully saturated rings. The average Bonchev–Trinajstić information content (AvgIpc) is 1.90. The Bertz CT molecular complexity index is 128. The van der Waals surface area contributed by atoms with E-state index in [1.807, 2.05) is 17.9 Å².